The number of ether oxygens (including phenoxy) is 1. The van der Waals surface area contributed by atoms with Gasteiger partial charge < -0.3 is 14.2 Å². The molecule has 0 radical (unpaired) electrons. The van der Waals surface area contributed by atoms with Gasteiger partial charge in [0, 0.05) is 36.1 Å². The van der Waals surface area contributed by atoms with Gasteiger partial charge in [0.25, 0.3) is 0 Å². The Labute approximate surface area is 203 Å². The number of hydrogen-bond acceptors (Lipinski definition) is 7. The Morgan fingerprint density at radius 1 is 1.09 bits per heavy atom. The van der Waals surface area contributed by atoms with Crippen molar-refractivity contribution in [3.05, 3.63) is 59.6 Å². The van der Waals surface area contributed by atoms with Crippen molar-refractivity contribution in [1.82, 2.24) is 34.4 Å². The first kappa shape index (κ1) is 22.0. The maximum Gasteiger partial charge on any atom is 0.318 e. The molecular weight excluding hydrogens is 445 g/mol. The van der Waals surface area contributed by atoms with Crippen molar-refractivity contribution < 1.29 is 9.13 Å². The van der Waals surface area contributed by atoms with Crippen LogP contribution in [0.4, 0.5) is 4.39 Å². The predicted octanol–water partition coefficient (Wildman–Crippen LogP) is 3.99. The highest BCUT2D eigenvalue weighted by atomic mass is 19.1. The molecule has 0 unspecified atom stereocenters. The third-order valence-electron chi connectivity index (χ3n) is 7.21. The summed E-state index contributed by atoms with van der Waals surface area (Å²) in [4.78, 5) is 25.3. The zero-order valence-electron chi connectivity index (χ0n) is 20.0. The van der Waals surface area contributed by atoms with Gasteiger partial charge in [0.15, 0.2) is 5.65 Å². The van der Waals surface area contributed by atoms with Gasteiger partial charge in [0.05, 0.1) is 25.0 Å². The molecule has 2 bridgehead atoms. The van der Waals surface area contributed by atoms with Crippen molar-refractivity contribution >= 4 is 11.2 Å². The van der Waals surface area contributed by atoms with Gasteiger partial charge in [0.2, 0.25) is 0 Å². The van der Waals surface area contributed by atoms with Gasteiger partial charge in [-0.15, -0.1) is 0 Å². The third kappa shape index (κ3) is 4.14. The molecule has 3 aliphatic heterocycles. The molecule has 3 saturated heterocycles. The first-order valence-electron chi connectivity index (χ1n) is 12.2. The minimum atomic E-state index is -0.414. The summed E-state index contributed by atoms with van der Waals surface area (Å²) in [5.74, 6) is 1.42. The molecule has 0 amide bonds. The highest BCUT2D eigenvalue weighted by Gasteiger charge is 2.35. The van der Waals surface area contributed by atoms with Crippen molar-refractivity contribution in [3.8, 4) is 17.4 Å². The summed E-state index contributed by atoms with van der Waals surface area (Å²) in [6.07, 6.45) is 7.28. The monoisotopic (exact) mass is 473 g/mol. The molecule has 3 aliphatic rings. The second kappa shape index (κ2) is 8.96. The van der Waals surface area contributed by atoms with Crippen LogP contribution in [0.15, 0.2) is 36.8 Å². The predicted molar refractivity (Wildman–Crippen MR) is 130 cm³/mol. The topological polar surface area (TPSA) is 81.9 Å². The van der Waals surface area contributed by atoms with E-state index in [0.717, 1.165) is 18.0 Å². The number of pyridine rings is 2. The van der Waals surface area contributed by atoms with Crippen LogP contribution in [0.1, 0.15) is 42.6 Å². The quantitative estimate of drug-likeness (QED) is 0.419. The summed E-state index contributed by atoms with van der Waals surface area (Å²) >= 11 is 0. The third-order valence-corrected chi connectivity index (χ3v) is 7.21. The summed E-state index contributed by atoms with van der Waals surface area (Å²) in [7, 11) is 0. The van der Waals surface area contributed by atoms with Crippen LogP contribution in [0.3, 0.4) is 0 Å². The fourth-order valence-electron chi connectivity index (χ4n) is 5.44. The number of hydrogen-bond donors (Lipinski definition) is 0. The van der Waals surface area contributed by atoms with E-state index >= 15 is 0 Å². The van der Waals surface area contributed by atoms with Gasteiger partial charge >= 0.3 is 6.01 Å². The van der Waals surface area contributed by atoms with E-state index in [0.29, 0.717) is 53.3 Å². The largest absolute Gasteiger partial charge is 0.464 e. The lowest BCUT2D eigenvalue weighted by molar-refractivity contribution is 0.0854. The molecule has 4 aromatic rings. The lowest BCUT2D eigenvalue weighted by Crippen LogP contribution is -2.46. The van der Waals surface area contributed by atoms with Gasteiger partial charge in [-0.1, -0.05) is 6.07 Å². The molecule has 4 aromatic heterocycles. The molecule has 3 fully saturated rings. The molecule has 0 spiro atoms. The van der Waals surface area contributed by atoms with Gasteiger partial charge in [-0.25, -0.2) is 9.37 Å². The van der Waals surface area contributed by atoms with Crippen LogP contribution < -0.4 is 4.74 Å². The zero-order chi connectivity index (χ0) is 23.9. The Kier molecular flexibility index (Phi) is 5.64. The summed E-state index contributed by atoms with van der Waals surface area (Å²) in [6, 6.07) is 6.04. The molecule has 8 nitrogen and oxygen atoms in total. The lowest BCUT2D eigenvalue weighted by atomic mass is 9.77. The molecule has 0 aliphatic carbocycles. The van der Waals surface area contributed by atoms with Crippen LogP contribution in [0, 0.1) is 18.7 Å². The SMILES string of the molecule is CCOc1nc(C)c2nc(-c3cncc(F)c3)n(Cc3ccc([C@H]4CN5CCC4CC5)nc3)c2n1. The Morgan fingerprint density at radius 2 is 1.94 bits per heavy atom. The number of rotatable bonds is 6. The van der Waals surface area contributed by atoms with E-state index in [1.54, 1.807) is 6.20 Å². The van der Waals surface area contributed by atoms with Gasteiger partial charge in [0.1, 0.15) is 17.2 Å². The maximum atomic E-state index is 14.0. The second-order valence-electron chi connectivity index (χ2n) is 9.45. The number of piperidine rings is 3. The van der Waals surface area contributed by atoms with Gasteiger partial charge in [-0.05, 0) is 63.4 Å². The zero-order valence-corrected chi connectivity index (χ0v) is 20.0. The summed E-state index contributed by atoms with van der Waals surface area (Å²) in [5.41, 5.74) is 4.78. The molecule has 180 valence electrons. The minimum absolute atomic E-state index is 0.304. The van der Waals surface area contributed by atoms with E-state index in [9.17, 15) is 4.39 Å². The molecule has 0 aromatic carbocycles. The number of imidazole rings is 1. The van der Waals surface area contributed by atoms with Crippen LogP contribution in [0.25, 0.3) is 22.6 Å². The van der Waals surface area contributed by atoms with E-state index < -0.39 is 5.82 Å². The Balaban J connectivity index is 1.39. The van der Waals surface area contributed by atoms with Gasteiger partial charge in [-0.3, -0.25) is 9.97 Å². The highest BCUT2D eigenvalue weighted by Crippen LogP contribution is 2.38. The molecule has 0 saturated carbocycles. The molecule has 1 atom stereocenters. The molecule has 35 heavy (non-hydrogen) atoms. The summed E-state index contributed by atoms with van der Waals surface area (Å²) in [6.45, 7) is 8.26. The first-order valence-corrected chi connectivity index (χ1v) is 12.2. The van der Waals surface area contributed by atoms with E-state index in [-0.39, 0.29) is 0 Å². The lowest BCUT2D eigenvalue weighted by Gasteiger charge is -2.44. The fraction of sp³-hybridized carbons (Fsp3) is 0.423. The van der Waals surface area contributed by atoms with Crippen molar-refractivity contribution in [2.24, 2.45) is 5.92 Å². The first-order chi connectivity index (χ1) is 17.1. The normalized spacial score (nSPS) is 21.5. The number of nitrogens with zero attached hydrogens (tertiary/aromatic N) is 7. The second-order valence-corrected chi connectivity index (χ2v) is 9.45. The average molecular weight is 474 g/mol. The Morgan fingerprint density at radius 3 is 2.63 bits per heavy atom. The minimum Gasteiger partial charge on any atom is -0.464 e. The van der Waals surface area contributed by atoms with Crippen molar-refractivity contribution in [2.75, 3.05) is 26.2 Å². The average Bonchev–Trinajstić information content (AvgIpc) is 3.24. The molecule has 7 heterocycles. The van der Waals surface area contributed by atoms with E-state index in [4.69, 9.17) is 14.7 Å². The van der Waals surface area contributed by atoms with Crippen LogP contribution >= 0.6 is 0 Å². The van der Waals surface area contributed by atoms with E-state index in [1.165, 1.54) is 43.9 Å². The van der Waals surface area contributed by atoms with Crippen LogP contribution in [-0.4, -0.2) is 60.6 Å². The van der Waals surface area contributed by atoms with Crippen LogP contribution in [-0.2, 0) is 6.54 Å². The number of aryl methyl sites for hydroxylation is 1. The number of halogens is 1. The van der Waals surface area contributed by atoms with Crippen molar-refractivity contribution in [2.45, 2.75) is 39.2 Å². The molecule has 0 N–H and O–H groups in total. The van der Waals surface area contributed by atoms with Gasteiger partial charge in [-0.2, -0.15) is 9.97 Å². The van der Waals surface area contributed by atoms with Crippen LogP contribution in [0.5, 0.6) is 6.01 Å². The number of fused-ring (bicyclic) bond motifs is 4. The Hall–Kier alpha value is -3.46. The maximum absolute atomic E-state index is 14.0. The van der Waals surface area contributed by atoms with Crippen molar-refractivity contribution in [3.63, 3.8) is 0 Å². The Bertz CT molecular complexity index is 1360. The highest BCUT2D eigenvalue weighted by molar-refractivity contribution is 5.79. The molecule has 9 heteroatoms. The van der Waals surface area contributed by atoms with E-state index in [1.807, 2.05) is 24.6 Å². The molecular formula is C26H28FN7O. The summed E-state index contributed by atoms with van der Waals surface area (Å²) in [5, 5.41) is 0. The smallest absolute Gasteiger partial charge is 0.318 e. The standard InChI is InChI=1S/C26H28FN7O/c1-3-35-26-30-16(2)23-25(32-26)34(24(31-23)19-10-20(27)13-28-12-19)14-17-4-5-22(29-11-17)21-15-33-8-6-18(21)7-9-33/h4-5,10-13,18,21H,3,6-9,14-15H2,1-2H3/t21-/m0/s1. The van der Waals surface area contributed by atoms with Crippen molar-refractivity contribution in [1.29, 1.82) is 0 Å². The van der Waals surface area contributed by atoms with Crippen LogP contribution in [0.2, 0.25) is 0 Å². The fourth-order valence-corrected chi connectivity index (χ4v) is 5.44. The number of aromatic nitrogens is 6. The molecule has 7 rings (SSSR count). The van der Waals surface area contributed by atoms with E-state index in [2.05, 4.69) is 32.0 Å². The summed E-state index contributed by atoms with van der Waals surface area (Å²) < 4.78 is 21.6.